The van der Waals surface area contributed by atoms with Crippen molar-refractivity contribution in [2.45, 2.75) is 64.0 Å². The average Bonchev–Trinajstić information content (AvgIpc) is 3.21. The summed E-state index contributed by atoms with van der Waals surface area (Å²) in [5, 5.41) is 4.91. The third-order valence-electron chi connectivity index (χ3n) is 5.16. The van der Waals surface area contributed by atoms with Crippen molar-refractivity contribution in [3.05, 3.63) is 41.9 Å². The van der Waals surface area contributed by atoms with Gasteiger partial charge in [-0.2, -0.15) is 0 Å². The number of nitrogens with zero attached hydrogens (tertiary/aromatic N) is 1. The van der Waals surface area contributed by atoms with Crippen LogP contribution in [-0.4, -0.2) is 35.0 Å². The molecular weight excluding hydrogens is 424 g/mol. The first kappa shape index (κ1) is 23.4. The fourth-order valence-electron chi connectivity index (χ4n) is 3.48. The van der Waals surface area contributed by atoms with Crippen LogP contribution in [0.2, 0.25) is 0 Å². The van der Waals surface area contributed by atoms with Gasteiger partial charge in [-0.05, 0) is 31.9 Å². The molecule has 1 atom stereocenters. The Kier molecular flexibility index (Phi) is 7.91. The minimum atomic E-state index is -1.17. The summed E-state index contributed by atoms with van der Waals surface area (Å²) < 4.78 is 38.0. The van der Waals surface area contributed by atoms with E-state index in [1.807, 2.05) is 0 Å². The van der Waals surface area contributed by atoms with Gasteiger partial charge in [0.1, 0.15) is 11.6 Å². The molecule has 8 nitrogen and oxygen atoms in total. The number of amides is 3. The Hall–Kier alpha value is -3.30. The molecule has 1 aliphatic carbocycles. The maximum absolute atomic E-state index is 13.8. The Labute approximate surface area is 183 Å². The van der Waals surface area contributed by atoms with Crippen molar-refractivity contribution < 1.29 is 32.3 Å². The quantitative estimate of drug-likeness (QED) is 0.625. The number of hydrogen-bond acceptors (Lipinski definition) is 6. The highest BCUT2D eigenvalue weighted by Crippen LogP contribution is 2.26. The fourth-order valence-corrected chi connectivity index (χ4v) is 3.48. The predicted molar refractivity (Wildman–Crippen MR) is 109 cm³/mol. The highest BCUT2D eigenvalue weighted by Gasteiger charge is 2.23. The van der Waals surface area contributed by atoms with Gasteiger partial charge in [-0.3, -0.25) is 14.9 Å². The minimum Gasteiger partial charge on any atom is -0.453 e. The van der Waals surface area contributed by atoms with Gasteiger partial charge in [0, 0.05) is 12.5 Å². The molecule has 0 radical (unpaired) electrons. The van der Waals surface area contributed by atoms with Crippen molar-refractivity contribution in [3.8, 4) is 11.3 Å². The highest BCUT2D eigenvalue weighted by atomic mass is 19.1. The van der Waals surface area contributed by atoms with E-state index in [4.69, 9.17) is 9.15 Å². The molecule has 0 saturated heterocycles. The molecule has 2 aromatic rings. The molecule has 0 spiro atoms. The van der Waals surface area contributed by atoms with Gasteiger partial charge in [0.15, 0.2) is 17.8 Å². The SMILES string of the molecule is CC(OC(=O)CCc1ncc(-c2c(F)cccc2F)o1)C(=O)NC(=O)NC1CCCCC1. The normalized spacial score (nSPS) is 15.1. The molecule has 0 bridgehead atoms. The lowest BCUT2D eigenvalue weighted by Crippen LogP contribution is -2.48. The van der Waals surface area contributed by atoms with Gasteiger partial charge >= 0.3 is 12.0 Å². The Morgan fingerprint density at radius 2 is 1.88 bits per heavy atom. The van der Waals surface area contributed by atoms with Crippen molar-refractivity contribution in [2.24, 2.45) is 0 Å². The Balaban J connectivity index is 1.44. The summed E-state index contributed by atoms with van der Waals surface area (Å²) in [5.41, 5.74) is -0.342. The van der Waals surface area contributed by atoms with Crippen LogP contribution in [0.15, 0.2) is 28.8 Å². The highest BCUT2D eigenvalue weighted by molar-refractivity contribution is 5.97. The largest absolute Gasteiger partial charge is 0.453 e. The first-order valence-corrected chi connectivity index (χ1v) is 10.5. The second-order valence-corrected chi connectivity index (χ2v) is 7.64. The first-order chi connectivity index (χ1) is 15.3. The number of aromatic nitrogens is 1. The third-order valence-corrected chi connectivity index (χ3v) is 5.16. The number of imide groups is 1. The molecule has 32 heavy (non-hydrogen) atoms. The third kappa shape index (κ3) is 6.35. The summed E-state index contributed by atoms with van der Waals surface area (Å²) in [4.78, 5) is 40.0. The van der Waals surface area contributed by atoms with E-state index in [-0.39, 0.29) is 36.1 Å². The van der Waals surface area contributed by atoms with Crippen molar-refractivity contribution >= 4 is 17.9 Å². The zero-order chi connectivity index (χ0) is 23.1. The molecule has 10 heteroatoms. The number of halogens is 2. The average molecular weight is 449 g/mol. The minimum absolute atomic E-state index is 0.00537. The van der Waals surface area contributed by atoms with Crippen LogP contribution in [0.1, 0.15) is 51.3 Å². The summed E-state index contributed by atoms with van der Waals surface area (Å²) in [6, 6.07) is 2.85. The van der Waals surface area contributed by atoms with Crippen LogP contribution in [0.25, 0.3) is 11.3 Å². The maximum Gasteiger partial charge on any atom is 0.321 e. The van der Waals surface area contributed by atoms with Crippen LogP contribution in [0, 0.1) is 11.6 Å². The second-order valence-electron chi connectivity index (χ2n) is 7.64. The molecule has 1 aromatic carbocycles. The van der Waals surface area contributed by atoms with Gasteiger partial charge in [-0.15, -0.1) is 0 Å². The van der Waals surface area contributed by atoms with Crippen LogP contribution in [0.5, 0.6) is 0 Å². The van der Waals surface area contributed by atoms with Gasteiger partial charge in [0.05, 0.1) is 18.2 Å². The van der Waals surface area contributed by atoms with Crippen LogP contribution in [-0.2, 0) is 20.7 Å². The zero-order valence-electron chi connectivity index (χ0n) is 17.7. The van der Waals surface area contributed by atoms with Gasteiger partial charge in [-0.25, -0.2) is 18.6 Å². The summed E-state index contributed by atoms with van der Waals surface area (Å²) in [6.07, 6.45) is 4.78. The molecule has 3 amide bonds. The van der Waals surface area contributed by atoms with Crippen molar-refractivity contribution in [1.29, 1.82) is 0 Å². The molecule has 1 aromatic heterocycles. The summed E-state index contributed by atoms with van der Waals surface area (Å²) >= 11 is 0. The smallest absolute Gasteiger partial charge is 0.321 e. The Morgan fingerprint density at radius 3 is 2.56 bits per heavy atom. The van der Waals surface area contributed by atoms with E-state index in [2.05, 4.69) is 15.6 Å². The fraction of sp³-hybridized carbons (Fsp3) is 0.455. The van der Waals surface area contributed by atoms with Crippen LogP contribution in [0.4, 0.5) is 13.6 Å². The number of nitrogens with one attached hydrogen (secondary N) is 2. The maximum atomic E-state index is 13.8. The molecular formula is C22H25F2N3O5. The lowest BCUT2D eigenvalue weighted by molar-refractivity contribution is -0.154. The van der Waals surface area contributed by atoms with E-state index in [1.54, 1.807) is 0 Å². The van der Waals surface area contributed by atoms with Crippen molar-refractivity contribution in [2.75, 3.05) is 0 Å². The molecule has 1 saturated carbocycles. The number of carbonyl (C=O) groups excluding carboxylic acids is 3. The van der Waals surface area contributed by atoms with Gasteiger partial charge in [-0.1, -0.05) is 25.3 Å². The molecule has 0 aliphatic heterocycles. The number of rotatable bonds is 7. The lowest BCUT2D eigenvalue weighted by Gasteiger charge is -2.23. The number of carbonyl (C=O) groups is 3. The molecule has 1 heterocycles. The predicted octanol–water partition coefficient (Wildman–Crippen LogP) is 3.64. The summed E-state index contributed by atoms with van der Waals surface area (Å²) in [7, 11) is 0. The summed E-state index contributed by atoms with van der Waals surface area (Å²) in [5.74, 6) is -3.04. The van der Waals surface area contributed by atoms with Gasteiger partial charge in [0.25, 0.3) is 5.91 Å². The van der Waals surface area contributed by atoms with E-state index < -0.39 is 35.6 Å². The number of hydrogen-bond donors (Lipinski definition) is 2. The van der Waals surface area contributed by atoms with E-state index >= 15 is 0 Å². The van der Waals surface area contributed by atoms with Gasteiger partial charge in [0.2, 0.25) is 0 Å². The van der Waals surface area contributed by atoms with Crippen molar-refractivity contribution in [1.82, 2.24) is 15.6 Å². The first-order valence-electron chi connectivity index (χ1n) is 10.5. The molecule has 3 rings (SSSR count). The topological polar surface area (TPSA) is 111 Å². The Bertz CT molecular complexity index is 952. The second kappa shape index (κ2) is 10.8. The standard InChI is InChI=1S/C22H25F2N3O5/c1-13(21(29)27-22(30)26-14-6-3-2-4-7-14)31-19(28)11-10-18-25-12-17(32-18)20-15(23)8-5-9-16(20)24/h5,8-9,12-14H,2-4,6-7,10-11H2,1H3,(H2,26,27,29,30). The lowest BCUT2D eigenvalue weighted by atomic mass is 9.96. The van der Waals surface area contributed by atoms with Crippen LogP contribution in [0.3, 0.4) is 0 Å². The molecule has 2 N–H and O–H groups in total. The van der Waals surface area contributed by atoms with E-state index in [9.17, 15) is 23.2 Å². The molecule has 1 unspecified atom stereocenters. The number of esters is 1. The van der Waals surface area contributed by atoms with Crippen LogP contribution < -0.4 is 10.6 Å². The van der Waals surface area contributed by atoms with E-state index in [0.29, 0.717) is 0 Å². The summed E-state index contributed by atoms with van der Waals surface area (Å²) in [6.45, 7) is 1.35. The Morgan fingerprint density at radius 1 is 1.19 bits per heavy atom. The van der Waals surface area contributed by atoms with Crippen molar-refractivity contribution in [3.63, 3.8) is 0 Å². The number of oxazole rings is 1. The number of urea groups is 1. The zero-order valence-corrected chi connectivity index (χ0v) is 17.7. The molecule has 172 valence electrons. The molecule has 1 fully saturated rings. The number of benzene rings is 1. The molecule has 1 aliphatic rings. The number of aryl methyl sites for hydroxylation is 1. The van der Waals surface area contributed by atoms with E-state index in [1.165, 1.54) is 19.2 Å². The van der Waals surface area contributed by atoms with Crippen LogP contribution >= 0.6 is 0 Å². The van der Waals surface area contributed by atoms with Gasteiger partial charge < -0.3 is 14.5 Å². The van der Waals surface area contributed by atoms with E-state index in [0.717, 1.165) is 44.2 Å². The monoisotopic (exact) mass is 449 g/mol. The number of ether oxygens (including phenoxy) is 1.